The topological polar surface area (TPSA) is 70.8 Å². The molecule has 0 bridgehead atoms. The molecule has 1 atom stereocenters. The van der Waals surface area contributed by atoms with Crippen molar-refractivity contribution in [1.82, 2.24) is 4.90 Å². The second kappa shape index (κ2) is 7.50. The fourth-order valence-electron chi connectivity index (χ4n) is 3.10. The van der Waals surface area contributed by atoms with Gasteiger partial charge >= 0.3 is 0 Å². The van der Waals surface area contributed by atoms with Gasteiger partial charge < -0.3 is 14.4 Å². The highest BCUT2D eigenvalue weighted by Crippen LogP contribution is 2.40. The zero-order valence-electron chi connectivity index (χ0n) is 14.7. The zero-order chi connectivity index (χ0) is 18.8. The summed E-state index contributed by atoms with van der Waals surface area (Å²) >= 11 is 3.35. The molecular formula is C20H20BrNO4. The molecule has 0 spiro atoms. The van der Waals surface area contributed by atoms with Gasteiger partial charge in [-0.2, -0.15) is 0 Å². The van der Waals surface area contributed by atoms with Crippen molar-refractivity contribution in [1.29, 1.82) is 0 Å². The Bertz CT molecular complexity index is 866. The molecule has 1 unspecified atom stereocenters. The average Bonchev–Trinajstić information content (AvgIpc) is 3.15. The van der Waals surface area contributed by atoms with Gasteiger partial charge in [-0.05, 0) is 37.6 Å². The third kappa shape index (κ3) is 3.33. The van der Waals surface area contributed by atoms with E-state index in [0.29, 0.717) is 23.6 Å². The molecular weight excluding hydrogens is 398 g/mol. The van der Waals surface area contributed by atoms with Gasteiger partial charge in [-0.25, -0.2) is 0 Å². The van der Waals surface area contributed by atoms with Crippen LogP contribution in [0.2, 0.25) is 0 Å². The normalized spacial score (nSPS) is 19.3. The molecule has 1 aliphatic heterocycles. The minimum absolute atomic E-state index is 0.0720. The van der Waals surface area contributed by atoms with Crippen LogP contribution in [-0.2, 0) is 9.59 Å². The molecule has 1 fully saturated rings. The van der Waals surface area contributed by atoms with E-state index in [4.69, 9.17) is 4.42 Å². The minimum Gasteiger partial charge on any atom is -0.507 e. The molecule has 0 aliphatic carbocycles. The summed E-state index contributed by atoms with van der Waals surface area (Å²) in [6.07, 6.45) is 1.65. The molecule has 5 nitrogen and oxygen atoms in total. The van der Waals surface area contributed by atoms with Gasteiger partial charge in [0, 0.05) is 16.6 Å². The van der Waals surface area contributed by atoms with Crippen LogP contribution in [0.5, 0.6) is 0 Å². The molecule has 0 saturated carbocycles. The first-order chi connectivity index (χ1) is 12.4. The molecule has 1 amide bonds. The van der Waals surface area contributed by atoms with Crippen molar-refractivity contribution in [2.45, 2.75) is 32.7 Å². The maximum Gasteiger partial charge on any atom is 0.295 e. The number of amides is 1. The smallest absolute Gasteiger partial charge is 0.295 e. The number of aliphatic hydroxyl groups excluding tert-OH is 1. The zero-order valence-corrected chi connectivity index (χ0v) is 16.2. The van der Waals surface area contributed by atoms with Crippen molar-refractivity contribution in [2.24, 2.45) is 0 Å². The Morgan fingerprint density at radius 1 is 1.19 bits per heavy atom. The van der Waals surface area contributed by atoms with E-state index in [1.54, 1.807) is 43.3 Å². The molecule has 1 aliphatic rings. The van der Waals surface area contributed by atoms with E-state index in [1.807, 2.05) is 6.92 Å². The molecule has 6 heteroatoms. The SMILES string of the molecule is CCCCN1C(=O)C(=O)/C(=C(\O)c2ccc(Br)cc2)C1c1ccc(C)o1. The van der Waals surface area contributed by atoms with E-state index in [2.05, 4.69) is 15.9 Å². The predicted octanol–water partition coefficient (Wildman–Crippen LogP) is 4.57. The maximum absolute atomic E-state index is 12.7. The Hall–Kier alpha value is -2.34. The molecule has 3 rings (SSSR count). The lowest BCUT2D eigenvalue weighted by molar-refractivity contribution is -0.140. The molecule has 0 radical (unpaired) electrons. The maximum atomic E-state index is 12.7. The highest BCUT2D eigenvalue weighted by molar-refractivity contribution is 9.10. The first kappa shape index (κ1) is 18.5. The summed E-state index contributed by atoms with van der Waals surface area (Å²) in [5.74, 6) is -0.299. The van der Waals surface area contributed by atoms with Gasteiger partial charge in [-0.15, -0.1) is 0 Å². The van der Waals surface area contributed by atoms with Crippen LogP contribution < -0.4 is 0 Å². The number of benzene rings is 1. The molecule has 1 aromatic carbocycles. The fraction of sp³-hybridized carbons (Fsp3) is 0.300. The van der Waals surface area contributed by atoms with Crippen LogP contribution in [0.1, 0.15) is 42.9 Å². The lowest BCUT2D eigenvalue weighted by Crippen LogP contribution is -2.30. The second-order valence-electron chi connectivity index (χ2n) is 6.30. The summed E-state index contributed by atoms with van der Waals surface area (Å²) < 4.78 is 6.57. The largest absolute Gasteiger partial charge is 0.507 e. The molecule has 1 N–H and O–H groups in total. The molecule has 1 saturated heterocycles. The number of carbonyl (C=O) groups excluding carboxylic acids is 2. The van der Waals surface area contributed by atoms with Crippen LogP contribution in [0.3, 0.4) is 0 Å². The molecule has 1 aromatic heterocycles. The first-order valence-corrected chi connectivity index (χ1v) is 9.34. The molecule has 2 aromatic rings. The Morgan fingerprint density at radius 2 is 1.88 bits per heavy atom. The van der Waals surface area contributed by atoms with Crippen LogP contribution >= 0.6 is 15.9 Å². The Labute approximate surface area is 160 Å². The number of unbranched alkanes of at least 4 members (excludes halogenated alkanes) is 1. The second-order valence-corrected chi connectivity index (χ2v) is 7.22. The summed E-state index contributed by atoms with van der Waals surface area (Å²) in [6.45, 7) is 4.25. The Kier molecular flexibility index (Phi) is 5.32. The number of ketones is 1. The monoisotopic (exact) mass is 417 g/mol. The standard InChI is InChI=1S/C20H20BrNO4/c1-3-4-11-22-17(15-10-5-12(2)26-15)16(19(24)20(22)25)18(23)13-6-8-14(21)9-7-13/h5-10,17,23H,3-4,11H2,1-2H3/b18-16-. The lowest BCUT2D eigenvalue weighted by atomic mass is 9.99. The summed E-state index contributed by atoms with van der Waals surface area (Å²) in [5.41, 5.74) is 0.553. The third-order valence-corrected chi connectivity index (χ3v) is 4.97. The van der Waals surface area contributed by atoms with E-state index in [-0.39, 0.29) is 11.3 Å². The van der Waals surface area contributed by atoms with Crippen LogP contribution in [0.4, 0.5) is 0 Å². The average molecular weight is 418 g/mol. The van der Waals surface area contributed by atoms with E-state index in [9.17, 15) is 14.7 Å². The fourth-order valence-corrected chi connectivity index (χ4v) is 3.36. The summed E-state index contributed by atoms with van der Waals surface area (Å²) in [5, 5.41) is 10.8. The van der Waals surface area contributed by atoms with E-state index < -0.39 is 17.7 Å². The number of aliphatic hydroxyl groups is 1. The molecule has 26 heavy (non-hydrogen) atoms. The van der Waals surface area contributed by atoms with E-state index in [0.717, 1.165) is 17.3 Å². The van der Waals surface area contributed by atoms with Crippen molar-refractivity contribution in [3.8, 4) is 0 Å². The Morgan fingerprint density at radius 3 is 2.46 bits per heavy atom. The first-order valence-electron chi connectivity index (χ1n) is 8.54. The number of rotatable bonds is 5. The number of carbonyl (C=O) groups is 2. The van der Waals surface area contributed by atoms with E-state index in [1.165, 1.54) is 4.90 Å². The highest BCUT2D eigenvalue weighted by atomic mass is 79.9. The Balaban J connectivity index is 2.13. The van der Waals surface area contributed by atoms with Gasteiger partial charge in [0.25, 0.3) is 11.7 Å². The number of hydrogen-bond donors (Lipinski definition) is 1. The number of Topliss-reactive ketones (excluding diaryl/α,β-unsaturated/α-hetero) is 1. The number of hydrogen-bond acceptors (Lipinski definition) is 4. The van der Waals surface area contributed by atoms with Gasteiger partial charge in [-0.3, -0.25) is 9.59 Å². The van der Waals surface area contributed by atoms with Crippen molar-refractivity contribution in [3.05, 3.63) is 63.5 Å². The van der Waals surface area contributed by atoms with Crippen molar-refractivity contribution >= 4 is 33.4 Å². The summed E-state index contributed by atoms with van der Waals surface area (Å²) in [4.78, 5) is 26.8. The number of halogens is 1. The van der Waals surface area contributed by atoms with Gasteiger partial charge in [0.1, 0.15) is 23.3 Å². The quantitative estimate of drug-likeness (QED) is 0.439. The van der Waals surface area contributed by atoms with Gasteiger partial charge in [0.15, 0.2) is 0 Å². The van der Waals surface area contributed by atoms with E-state index >= 15 is 0 Å². The van der Waals surface area contributed by atoms with Gasteiger partial charge in [0.2, 0.25) is 0 Å². The highest BCUT2D eigenvalue weighted by Gasteiger charge is 2.47. The number of aryl methyl sites for hydroxylation is 1. The number of likely N-dealkylation sites (tertiary alicyclic amines) is 1. The van der Waals surface area contributed by atoms with Crippen LogP contribution in [0.25, 0.3) is 5.76 Å². The lowest BCUT2D eigenvalue weighted by Gasteiger charge is -2.23. The van der Waals surface area contributed by atoms with Crippen LogP contribution in [0.15, 0.2) is 50.9 Å². The predicted molar refractivity (Wildman–Crippen MR) is 102 cm³/mol. The summed E-state index contributed by atoms with van der Waals surface area (Å²) in [6, 6.07) is 9.77. The molecule has 136 valence electrons. The van der Waals surface area contributed by atoms with Crippen molar-refractivity contribution < 1.29 is 19.1 Å². The van der Waals surface area contributed by atoms with Crippen molar-refractivity contribution in [3.63, 3.8) is 0 Å². The third-order valence-electron chi connectivity index (χ3n) is 4.44. The van der Waals surface area contributed by atoms with Crippen molar-refractivity contribution in [2.75, 3.05) is 6.54 Å². The van der Waals surface area contributed by atoms with Gasteiger partial charge in [0.05, 0.1) is 5.57 Å². The minimum atomic E-state index is -0.709. The number of nitrogens with zero attached hydrogens (tertiary/aromatic N) is 1. The van der Waals surface area contributed by atoms with Crippen LogP contribution in [-0.4, -0.2) is 28.2 Å². The summed E-state index contributed by atoms with van der Waals surface area (Å²) in [7, 11) is 0. The van der Waals surface area contributed by atoms with Gasteiger partial charge in [-0.1, -0.05) is 41.4 Å². The van der Waals surface area contributed by atoms with Crippen LogP contribution in [0, 0.1) is 6.92 Å². The number of furan rings is 1. The molecule has 2 heterocycles.